The Bertz CT molecular complexity index is 186. The SMILES string of the molecule is OC1(CNC2CCSCC2)CCCCC1. The van der Waals surface area contributed by atoms with E-state index in [1.54, 1.807) is 0 Å². The predicted molar refractivity (Wildman–Crippen MR) is 66.4 cm³/mol. The monoisotopic (exact) mass is 229 g/mol. The second-order valence-electron chi connectivity index (χ2n) is 5.05. The summed E-state index contributed by atoms with van der Waals surface area (Å²) in [6.07, 6.45) is 8.28. The highest BCUT2D eigenvalue weighted by Gasteiger charge is 2.29. The van der Waals surface area contributed by atoms with Crippen molar-refractivity contribution in [2.75, 3.05) is 18.1 Å². The lowest BCUT2D eigenvalue weighted by atomic mass is 9.84. The fourth-order valence-corrected chi connectivity index (χ4v) is 3.73. The second-order valence-corrected chi connectivity index (χ2v) is 6.28. The van der Waals surface area contributed by atoms with Gasteiger partial charge in [0.1, 0.15) is 0 Å². The first kappa shape index (κ1) is 11.7. The molecule has 0 unspecified atom stereocenters. The first-order valence-corrected chi connectivity index (χ1v) is 7.48. The summed E-state index contributed by atoms with van der Waals surface area (Å²) in [5.74, 6) is 2.58. The van der Waals surface area contributed by atoms with Crippen molar-refractivity contribution >= 4 is 11.8 Å². The maximum absolute atomic E-state index is 10.3. The van der Waals surface area contributed by atoms with Crippen molar-refractivity contribution in [2.24, 2.45) is 0 Å². The van der Waals surface area contributed by atoms with E-state index in [1.165, 1.54) is 43.6 Å². The molecule has 2 fully saturated rings. The topological polar surface area (TPSA) is 32.3 Å². The first-order valence-electron chi connectivity index (χ1n) is 6.32. The van der Waals surface area contributed by atoms with Crippen LogP contribution in [0.2, 0.25) is 0 Å². The summed E-state index contributed by atoms with van der Waals surface area (Å²) in [5.41, 5.74) is -0.386. The number of hydrogen-bond acceptors (Lipinski definition) is 3. The average molecular weight is 229 g/mol. The molecule has 0 spiro atoms. The van der Waals surface area contributed by atoms with Gasteiger partial charge in [0.2, 0.25) is 0 Å². The van der Waals surface area contributed by atoms with Crippen molar-refractivity contribution in [3.05, 3.63) is 0 Å². The molecular weight excluding hydrogens is 206 g/mol. The van der Waals surface area contributed by atoms with Crippen LogP contribution in [0.15, 0.2) is 0 Å². The number of hydrogen-bond donors (Lipinski definition) is 2. The molecule has 88 valence electrons. The van der Waals surface area contributed by atoms with Crippen LogP contribution in [0.5, 0.6) is 0 Å². The van der Waals surface area contributed by atoms with E-state index in [9.17, 15) is 5.11 Å². The van der Waals surface area contributed by atoms with Gasteiger partial charge in [0.15, 0.2) is 0 Å². The molecule has 0 amide bonds. The number of thioether (sulfide) groups is 1. The van der Waals surface area contributed by atoms with Crippen molar-refractivity contribution in [1.29, 1.82) is 0 Å². The fourth-order valence-electron chi connectivity index (χ4n) is 2.62. The summed E-state index contributed by atoms with van der Waals surface area (Å²) >= 11 is 2.06. The molecular formula is C12H23NOS. The van der Waals surface area contributed by atoms with Gasteiger partial charge in [0.05, 0.1) is 5.60 Å². The smallest absolute Gasteiger partial charge is 0.0771 e. The van der Waals surface area contributed by atoms with Crippen LogP contribution < -0.4 is 5.32 Å². The van der Waals surface area contributed by atoms with Crippen LogP contribution in [0.4, 0.5) is 0 Å². The minimum atomic E-state index is -0.386. The highest BCUT2D eigenvalue weighted by atomic mass is 32.2. The second kappa shape index (κ2) is 5.55. The third-order valence-electron chi connectivity index (χ3n) is 3.73. The van der Waals surface area contributed by atoms with Gasteiger partial charge in [-0.2, -0.15) is 11.8 Å². The Morgan fingerprint density at radius 1 is 1.13 bits per heavy atom. The number of nitrogens with one attached hydrogen (secondary N) is 1. The molecule has 2 nitrogen and oxygen atoms in total. The van der Waals surface area contributed by atoms with Crippen molar-refractivity contribution in [3.8, 4) is 0 Å². The Hall–Kier alpha value is 0.270. The fraction of sp³-hybridized carbons (Fsp3) is 1.00. The van der Waals surface area contributed by atoms with Crippen LogP contribution in [0.3, 0.4) is 0 Å². The van der Waals surface area contributed by atoms with E-state index in [2.05, 4.69) is 17.1 Å². The van der Waals surface area contributed by atoms with E-state index in [-0.39, 0.29) is 5.60 Å². The van der Waals surface area contributed by atoms with Crippen molar-refractivity contribution < 1.29 is 5.11 Å². The standard InChI is InChI=1S/C12H23NOS/c14-12(6-2-1-3-7-12)10-13-11-4-8-15-9-5-11/h11,13-14H,1-10H2. The third kappa shape index (κ3) is 3.65. The molecule has 2 aliphatic rings. The lowest BCUT2D eigenvalue weighted by molar-refractivity contribution is 0.00245. The number of rotatable bonds is 3. The maximum Gasteiger partial charge on any atom is 0.0771 e. The van der Waals surface area contributed by atoms with E-state index in [4.69, 9.17) is 0 Å². The van der Waals surface area contributed by atoms with Crippen LogP contribution in [0.25, 0.3) is 0 Å². The molecule has 1 aliphatic carbocycles. The zero-order valence-corrected chi connectivity index (χ0v) is 10.3. The Labute approximate surface area is 97.2 Å². The van der Waals surface area contributed by atoms with Crippen LogP contribution in [0.1, 0.15) is 44.9 Å². The van der Waals surface area contributed by atoms with Crippen LogP contribution >= 0.6 is 11.8 Å². The number of aliphatic hydroxyl groups is 1. The highest BCUT2D eigenvalue weighted by molar-refractivity contribution is 7.99. The van der Waals surface area contributed by atoms with Crippen molar-refractivity contribution in [2.45, 2.75) is 56.6 Å². The molecule has 3 heteroatoms. The molecule has 0 bridgehead atoms. The van der Waals surface area contributed by atoms with Gasteiger partial charge in [-0.1, -0.05) is 19.3 Å². The molecule has 1 aliphatic heterocycles. The van der Waals surface area contributed by atoms with E-state index in [0.717, 1.165) is 19.4 Å². The highest BCUT2D eigenvalue weighted by Crippen LogP contribution is 2.28. The van der Waals surface area contributed by atoms with E-state index < -0.39 is 0 Å². The third-order valence-corrected chi connectivity index (χ3v) is 4.77. The van der Waals surface area contributed by atoms with Gasteiger partial charge in [-0.15, -0.1) is 0 Å². The summed E-state index contributed by atoms with van der Waals surface area (Å²) in [5, 5.41) is 13.9. The molecule has 1 heterocycles. The largest absolute Gasteiger partial charge is 0.389 e. The Morgan fingerprint density at radius 3 is 2.47 bits per heavy atom. The summed E-state index contributed by atoms with van der Waals surface area (Å²) in [6.45, 7) is 0.822. The van der Waals surface area contributed by atoms with Gasteiger partial charge < -0.3 is 10.4 Å². The zero-order chi connectivity index (χ0) is 10.6. The van der Waals surface area contributed by atoms with Crippen LogP contribution in [-0.4, -0.2) is 34.8 Å². The summed E-state index contributed by atoms with van der Waals surface area (Å²) < 4.78 is 0. The van der Waals surface area contributed by atoms with Gasteiger partial charge in [-0.3, -0.25) is 0 Å². The minimum Gasteiger partial charge on any atom is -0.389 e. The maximum atomic E-state index is 10.3. The molecule has 0 radical (unpaired) electrons. The molecule has 2 rings (SSSR count). The van der Waals surface area contributed by atoms with Gasteiger partial charge in [-0.05, 0) is 37.2 Å². The molecule has 0 aromatic carbocycles. The molecule has 15 heavy (non-hydrogen) atoms. The Balaban J connectivity index is 1.70. The van der Waals surface area contributed by atoms with Gasteiger partial charge in [-0.25, -0.2) is 0 Å². The van der Waals surface area contributed by atoms with Crippen LogP contribution in [-0.2, 0) is 0 Å². The summed E-state index contributed by atoms with van der Waals surface area (Å²) in [6, 6.07) is 0.664. The first-order chi connectivity index (χ1) is 7.29. The summed E-state index contributed by atoms with van der Waals surface area (Å²) in [4.78, 5) is 0. The van der Waals surface area contributed by atoms with Crippen molar-refractivity contribution in [1.82, 2.24) is 5.32 Å². The summed E-state index contributed by atoms with van der Waals surface area (Å²) in [7, 11) is 0. The van der Waals surface area contributed by atoms with Gasteiger partial charge in [0, 0.05) is 12.6 Å². The van der Waals surface area contributed by atoms with E-state index in [0.29, 0.717) is 6.04 Å². The Morgan fingerprint density at radius 2 is 1.80 bits per heavy atom. The lowest BCUT2D eigenvalue weighted by Crippen LogP contribution is -2.46. The zero-order valence-electron chi connectivity index (χ0n) is 9.50. The quantitative estimate of drug-likeness (QED) is 0.778. The van der Waals surface area contributed by atoms with E-state index in [1.807, 2.05) is 0 Å². The van der Waals surface area contributed by atoms with Gasteiger partial charge in [0.25, 0.3) is 0 Å². The Kier molecular flexibility index (Phi) is 4.35. The molecule has 1 saturated heterocycles. The predicted octanol–water partition coefficient (Wildman–Crippen LogP) is 2.17. The molecule has 0 atom stereocenters. The van der Waals surface area contributed by atoms with Gasteiger partial charge >= 0.3 is 0 Å². The van der Waals surface area contributed by atoms with Crippen LogP contribution in [0, 0.1) is 0 Å². The minimum absolute atomic E-state index is 0.386. The lowest BCUT2D eigenvalue weighted by Gasteiger charge is -2.34. The molecule has 2 N–H and O–H groups in total. The molecule has 1 saturated carbocycles. The molecule has 0 aromatic rings. The average Bonchev–Trinajstić information content (AvgIpc) is 2.29. The molecule has 0 aromatic heterocycles. The van der Waals surface area contributed by atoms with Crippen molar-refractivity contribution in [3.63, 3.8) is 0 Å². The normalized spacial score (nSPS) is 27.8. The van der Waals surface area contributed by atoms with E-state index >= 15 is 0 Å².